The van der Waals surface area contributed by atoms with Crippen LogP contribution in [0.1, 0.15) is 91.1 Å². The summed E-state index contributed by atoms with van der Waals surface area (Å²) in [6.07, 6.45) is 2.89. The first-order valence-corrected chi connectivity index (χ1v) is 20.0. The van der Waals surface area contributed by atoms with Crippen LogP contribution in [0.2, 0.25) is 0 Å². The summed E-state index contributed by atoms with van der Waals surface area (Å²) in [7, 11) is 0. The molecule has 0 aliphatic carbocycles. The minimum Gasteiger partial charge on any atom is -0.444 e. The molecule has 6 aliphatic heterocycles. The molecule has 3 N–H and O–H groups in total. The summed E-state index contributed by atoms with van der Waals surface area (Å²) in [6, 6.07) is 10.5. The lowest BCUT2D eigenvalue weighted by Gasteiger charge is -2.29. The SMILES string of the molecule is CC(C)(C)OC(=O)N1CCCN(c2ccc3c(c2)CN(C2CCC(=O)NC2=O)C3=O)CC1.O=C1CCC(N2Cc3cc(N4CCCNCC4)ccc3C2=O)C(=O)N1. The number of hydrogen-bond acceptors (Lipinski definition) is 11. The third-order valence-electron chi connectivity index (χ3n) is 11.2. The van der Waals surface area contributed by atoms with Gasteiger partial charge in [-0.1, -0.05) is 0 Å². The molecule has 6 aliphatic rings. The molecule has 6 heterocycles. The number of nitrogens with one attached hydrogen (secondary N) is 3. The molecule has 8 rings (SSSR count). The third kappa shape index (κ3) is 8.90. The van der Waals surface area contributed by atoms with Crippen LogP contribution in [0.4, 0.5) is 16.2 Å². The van der Waals surface area contributed by atoms with Crippen molar-refractivity contribution in [1.82, 2.24) is 30.7 Å². The molecule has 4 fully saturated rings. The standard InChI is InChI=1S/C23H30N4O5.C18H22N4O3/c1-23(2,3)32-22(31)26-10-4-9-25(11-12-26)16-5-6-17-15(13-16)14-27(21(17)30)18-7-8-19(28)24-20(18)29;23-16-5-4-15(17(24)20-16)22-11-12-10-13(2-3-14(12)18(22)25)21-8-1-6-19-7-9-21/h5-6,13,18H,4,7-12,14H2,1-3H3,(H,24,28,29);2-3,10,15,19H,1,4-9,11H2,(H,20,23,24). The predicted molar refractivity (Wildman–Crippen MR) is 209 cm³/mol. The molecule has 2 aromatic carbocycles. The zero-order valence-electron chi connectivity index (χ0n) is 32.9. The summed E-state index contributed by atoms with van der Waals surface area (Å²) in [5.41, 5.74) is 4.71. The van der Waals surface area contributed by atoms with E-state index in [1.54, 1.807) is 14.7 Å². The Morgan fingerprint density at radius 1 is 0.649 bits per heavy atom. The van der Waals surface area contributed by atoms with Crippen molar-refractivity contribution in [3.05, 3.63) is 58.7 Å². The van der Waals surface area contributed by atoms with Crippen LogP contribution in [0.15, 0.2) is 36.4 Å². The number of imide groups is 2. The molecule has 2 unspecified atom stereocenters. The van der Waals surface area contributed by atoms with E-state index in [1.165, 1.54) is 0 Å². The first-order chi connectivity index (χ1) is 27.3. The number of carbonyl (C=O) groups is 7. The number of piperidine rings is 2. The molecule has 4 saturated heterocycles. The van der Waals surface area contributed by atoms with Crippen molar-refractivity contribution in [2.75, 3.05) is 62.2 Å². The molecule has 0 spiro atoms. The maximum absolute atomic E-state index is 12.9. The van der Waals surface area contributed by atoms with Crippen LogP contribution in [0.25, 0.3) is 0 Å². The van der Waals surface area contributed by atoms with Gasteiger partial charge in [-0.3, -0.25) is 39.4 Å². The van der Waals surface area contributed by atoms with Gasteiger partial charge in [0.25, 0.3) is 11.8 Å². The average molecular weight is 785 g/mol. The Kier molecular flexibility index (Phi) is 11.5. The number of rotatable bonds is 4. The van der Waals surface area contributed by atoms with Crippen molar-refractivity contribution in [2.45, 2.75) is 90.1 Å². The number of fused-ring (bicyclic) bond motifs is 2. The molecule has 7 amide bonds. The second-order valence-corrected chi connectivity index (χ2v) is 16.4. The highest BCUT2D eigenvalue weighted by atomic mass is 16.6. The summed E-state index contributed by atoms with van der Waals surface area (Å²) in [6.45, 7) is 13.0. The van der Waals surface area contributed by atoms with Crippen LogP contribution < -0.4 is 25.8 Å². The smallest absolute Gasteiger partial charge is 0.410 e. The first-order valence-electron chi connectivity index (χ1n) is 20.0. The molecular formula is C41H52N8O8. The van der Waals surface area contributed by atoms with Crippen LogP contribution in [-0.2, 0) is 37.0 Å². The summed E-state index contributed by atoms with van der Waals surface area (Å²) in [5.74, 6) is -1.61. The lowest BCUT2D eigenvalue weighted by atomic mass is 10.0. The van der Waals surface area contributed by atoms with Crippen molar-refractivity contribution in [1.29, 1.82) is 0 Å². The van der Waals surface area contributed by atoms with Gasteiger partial charge >= 0.3 is 6.09 Å². The van der Waals surface area contributed by atoms with E-state index < -0.39 is 23.6 Å². The number of hydrogen-bond donors (Lipinski definition) is 3. The van der Waals surface area contributed by atoms with E-state index in [1.807, 2.05) is 51.1 Å². The first kappa shape index (κ1) is 39.7. The molecule has 16 heteroatoms. The number of amides is 7. The van der Waals surface area contributed by atoms with Crippen LogP contribution in [0, 0.1) is 0 Å². The van der Waals surface area contributed by atoms with Crippen LogP contribution in [-0.4, -0.2) is 126 Å². The van der Waals surface area contributed by atoms with Crippen molar-refractivity contribution in [3.8, 4) is 0 Å². The Morgan fingerprint density at radius 2 is 1.18 bits per heavy atom. The Labute approximate surface area is 332 Å². The highest BCUT2D eigenvalue weighted by Gasteiger charge is 2.41. The fourth-order valence-electron chi connectivity index (χ4n) is 8.30. The summed E-state index contributed by atoms with van der Waals surface area (Å²) in [5, 5.41) is 8.05. The van der Waals surface area contributed by atoms with Gasteiger partial charge in [-0.2, -0.15) is 0 Å². The van der Waals surface area contributed by atoms with Gasteiger partial charge in [0, 0.05) is 94.2 Å². The van der Waals surface area contributed by atoms with Gasteiger partial charge in [-0.25, -0.2) is 4.79 Å². The largest absolute Gasteiger partial charge is 0.444 e. The summed E-state index contributed by atoms with van der Waals surface area (Å²) in [4.78, 5) is 94.6. The Morgan fingerprint density at radius 3 is 1.70 bits per heavy atom. The van der Waals surface area contributed by atoms with Crippen molar-refractivity contribution >= 4 is 52.9 Å². The number of benzene rings is 2. The third-order valence-corrected chi connectivity index (χ3v) is 11.2. The molecular weight excluding hydrogens is 732 g/mol. The number of nitrogens with zero attached hydrogens (tertiary/aromatic N) is 5. The zero-order chi connectivity index (χ0) is 40.4. The van der Waals surface area contributed by atoms with Gasteiger partial charge in [0.05, 0.1) is 0 Å². The number of carbonyl (C=O) groups excluding carboxylic acids is 7. The molecule has 16 nitrogen and oxygen atoms in total. The van der Waals surface area contributed by atoms with Gasteiger partial charge in [-0.05, 0) is 101 Å². The number of anilines is 2. The lowest BCUT2D eigenvalue weighted by Crippen LogP contribution is -2.52. The fraction of sp³-hybridized carbons (Fsp3) is 0.537. The van der Waals surface area contributed by atoms with Crippen LogP contribution in [0.3, 0.4) is 0 Å². The maximum Gasteiger partial charge on any atom is 0.410 e. The molecule has 2 atom stereocenters. The van der Waals surface area contributed by atoms with E-state index >= 15 is 0 Å². The van der Waals surface area contributed by atoms with Gasteiger partial charge in [0.1, 0.15) is 17.7 Å². The van der Waals surface area contributed by atoms with E-state index in [-0.39, 0.29) is 48.5 Å². The van der Waals surface area contributed by atoms with Crippen LogP contribution >= 0.6 is 0 Å². The normalized spacial score (nSPS) is 22.9. The zero-order valence-corrected chi connectivity index (χ0v) is 32.9. The van der Waals surface area contributed by atoms with E-state index in [9.17, 15) is 33.6 Å². The fourth-order valence-corrected chi connectivity index (χ4v) is 8.30. The van der Waals surface area contributed by atoms with Gasteiger partial charge in [0.2, 0.25) is 23.6 Å². The summed E-state index contributed by atoms with van der Waals surface area (Å²) >= 11 is 0. The quantitative estimate of drug-likeness (QED) is 0.387. The second kappa shape index (κ2) is 16.5. The molecule has 2 aromatic rings. The van der Waals surface area contributed by atoms with E-state index in [0.717, 1.165) is 68.1 Å². The van der Waals surface area contributed by atoms with Crippen molar-refractivity contribution in [3.63, 3.8) is 0 Å². The Hall–Kier alpha value is -5.51. The topological polar surface area (TPSA) is 181 Å². The minimum atomic E-state index is -0.614. The van der Waals surface area contributed by atoms with E-state index in [4.69, 9.17) is 4.74 Å². The highest BCUT2D eigenvalue weighted by Crippen LogP contribution is 2.32. The molecule has 0 radical (unpaired) electrons. The molecule has 0 saturated carbocycles. The maximum atomic E-state index is 12.9. The summed E-state index contributed by atoms with van der Waals surface area (Å²) < 4.78 is 5.50. The predicted octanol–water partition coefficient (Wildman–Crippen LogP) is 2.14. The van der Waals surface area contributed by atoms with Crippen molar-refractivity contribution in [2.24, 2.45) is 0 Å². The Balaban J connectivity index is 0.000000179. The monoisotopic (exact) mass is 784 g/mol. The van der Waals surface area contributed by atoms with Gasteiger partial charge in [0.15, 0.2) is 0 Å². The molecule has 0 bridgehead atoms. The Bertz CT molecular complexity index is 1950. The second-order valence-electron chi connectivity index (χ2n) is 16.4. The van der Waals surface area contributed by atoms with E-state index in [0.29, 0.717) is 56.7 Å². The molecule has 0 aromatic heterocycles. The number of ether oxygens (including phenoxy) is 1. The van der Waals surface area contributed by atoms with Crippen LogP contribution in [0.5, 0.6) is 0 Å². The molecule has 304 valence electrons. The average Bonchev–Trinajstić information content (AvgIpc) is 3.39. The molecule has 57 heavy (non-hydrogen) atoms. The lowest BCUT2D eigenvalue weighted by molar-refractivity contribution is -0.138. The van der Waals surface area contributed by atoms with Gasteiger partial charge in [-0.15, -0.1) is 0 Å². The van der Waals surface area contributed by atoms with E-state index in [2.05, 4.69) is 31.8 Å². The van der Waals surface area contributed by atoms with Gasteiger partial charge < -0.3 is 34.6 Å². The highest BCUT2D eigenvalue weighted by molar-refractivity contribution is 6.06. The minimum absolute atomic E-state index is 0.117. The van der Waals surface area contributed by atoms with Crippen molar-refractivity contribution < 1.29 is 38.3 Å².